The van der Waals surface area contributed by atoms with Crippen LogP contribution in [0.5, 0.6) is 0 Å². The highest BCUT2D eigenvalue weighted by molar-refractivity contribution is 5.23. The largest absolute Gasteiger partial charge is 0.330 e. The van der Waals surface area contributed by atoms with E-state index >= 15 is 0 Å². The summed E-state index contributed by atoms with van der Waals surface area (Å²) in [5, 5.41) is 0. The Balaban J connectivity index is 2.70. The van der Waals surface area contributed by atoms with Crippen molar-refractivity contribution >= 4 is 0 Å². The van der Waals surface area contributed by atoms with Crippen molar-refractivity contribution in [1.82, 2.24) is 0 Å². The first kappa shape index (κ1) is 9.53. The monoisotopic (exact) mass is 165 g/mol. The summed E-state index contributed by atoms with van der Waals surface area (Å²) in [5.41, 5.74) is 7.03. The van der Waals surface area contributed by atoms with Crippen molar-refractivity contribution in [2.45, 2.75) is 20.8 Å². The van der Waals surface area contributed by atoms with Gasteiger partial charge in [0.25, 0.3) is 0 Å². The molecular weight excluding hydrogens is 146 g/mol. The van der Waals surface area contributed by atoms with Crippen LogP contribution < -0.4 is 5.73 Å². The van der Waals surface area contributed by atoms with E-state index in [1.807, 2.05) is 0 Å². The van der Waals surface area contributed by atoms with Gasteiger partial charge in [0.05, 0.1) is 0 Å². The van der Waals surface area contributed by atoms with Crippen molar-refractivity contribution in [3.63, 3.8) is 0 Å². The minimum Gasteiger partial charge on any atom is -0.330 e. The standard InChI is InChI=1S/C11H19N/c1-8-4-5-9(2)11(6-8)10(3)7-12/h4-6,9-11H,7,12H2,1-3H3. The highest BCUT2D eigenvalue weighted by atomic mass is 14.5. The van der Waals surface area contributed by atoms with Gasteiger partial charge in [0.1, 0.15) is 0 Å². The van der Waals surface area contributed by atoms with Gasteiger partial charge in [-0.15, -0.1) is 0 Å². The predicted octanol–water partition coefficient (Wildman–Crippen LogP) is 2.35. The van der Waals surface area contributed by atoms with E-state index in [2.05, 4.69) is 39.0 Å². The molecule has 0 saturated carbocycles. The van der Waals surface area contributed by atoms with E-state index in [4.69, 9.17) is 5.73 Å². The maximum Gasteiger partial charge on any atom is -0.00457 e. The molecular formula is C11H19N. The Morgan fingerprint density at radius 3 is 2.83 bits per heavy atom. The van der Waals surface area contributed by atoms with Gasteiger partial charge in [-0.1, -0.05) is 37.6 Å². The molecule has 0 aromatic carbocycles. The maximum absolute atomic E-state index is 5.66. The third kappa shape index (κ3) is 1.98. The fraction of sp³-hybridized carbons (Fsp3) is 0.636. The summed E-state index contributed by atoms with van der Waals surface area (Å²) in [4.78, 5) is 0. The summed E-state index contributed by atoms with van der Waals surface area (Å²) in [6.07, 6.45) is 6.83. The molecule has 2 N–H and O–H groups in total. The highest BCUT2D eigenvalue weighted by Gasteiger charge is 2.20. The zero-order chi connectivity index (χ0) is 9.14. The van der Waals surface area contributed by atoms with Crippen LogP contribution in [0.1, 0.15) is 20.8 Å². The van der Waals surface area contributed by atoms with E-state index in [9.17, 15) is 0 Å². The van der Waals surface area contributed by atoms with Crippen molar-refractivity contribution in [3.05, 3.63) is 23.8 Å². The van der Waals surface area contributed by atoms with E-state index in [-0.39, 0.29) is 0 Å². The molecule has 1 aliphatic carbocycles. The Labute approximate surface area is 75.3 Å². The molecule has 0 fully saturated rings. The van der Waals surface area contributed by atoms with Crippen LogP contribution in [-0.4, -0.2) is 6.54 Å². The lowest BCUT2D eigenvalue weighted by Crippen LogP contribution is -2.25. The minimum absolute atomic E-state index is 0.597. The fourth-order valence-corrected chi connectivity index (χ4v) is 1.78. The van der Waals surface area contributed by atoms with Gasteiger partial charge in [0, 0.05) is 0 Å². The highest BCUT2D eigenvalue weighted by Crippen LogP contribution is 2.28. The summed E-state index contributed by atoms with van der Waals surface area (Å²) in [5.74, 6) is 1.88. The van der Waals surface area contributed by atoms with Crippen molar-refractivity contribution in [2.75, 3.05) is 6.54 Å². The Hall–Kier alpha value is -0.560. The molecule has 12 heavy (non-hydrogen) atoms. The molecule has 0 amide bonds. The number of hydrogen-bond donors (Lipinski definition) is 1. The van der Waals surface area contributed by atoms with Crippen molar-refractivity contribution < 1.29 is 0 Å². The Bertz CT molecular complexity index is 203. The third-order valence-electron chi connectivity index (χ3n) is 2.75. The molecule has 0 aromatic rings. The van der Waals surface area contributed by atoms with E-state index in [0.717, 1.165) is 6.54 Å². The van der Waals surface area contributed by atoms with Gasteiger partial charge in [0.15, 0.2) is 0 Å². The van der Waals surface area contributed by atoms with Crippen LogP contribution in [-0.2, 0) is 0 Å². The molecule has 68 valence electrons. The topological polar surface area (TPSA) is 26.0 Å². The number of rotatable bonds is 2. The lowest BCUT2D eigenvalue weighted by molar-refractivity contribution is 0.361. The molecule has 0 radical (unpaired) electrons. The summed E-state index contributed by atoms with van der Waals surface area (Å²) < 4.78 is 0. The van der Waals surface area contributed by atoms with E-state index in [1.54, 1.807) is 0 Å². The third-order valence-corrected chi connectivity index (χ3v) is 2.75. The normalized spacial score (nSPS) is 31.5. The Morgan fingerprint density at radius 1 is 1.58 bits per heavy atom. The summed E-state index contributed by atoms with van der Waals surface area (Å²) in [6.45, 7) is 7.42. The van der Waals surface area contributed by atoms with Gasteiger partial charge in [-0.05, 0) is 31.2 Å². The molecule has 0 bridgehead atoms. The second-order valence-corrected chi connectivity index (χ2v) is 3.92. The number of nitrogens with two attached hydrogens (primary N) is 1. The van der Waals surface area contributed by atoms with Crippen molar-refractivity contribution in [3.8, 4) is 0 Å². The van der Waals surface area contributed by atoms with Gasteiger partial charge in [-0.3, -0.25) is 0 Å². The van der Waals surface area contributed by atoms with E-state index in [0.29, 0.717) is 17.8 Å². The van der Waals surface area contributed by atoms with E-state index in [1.165, 1.54) is 5.57 Å². The lowest BCUT2D eigenvalue weighted by Gasteiger charge is -2.27. The average Bonchev–Trinajstić information content (AvgIpc) is 2.08. The van der Waals surface area contributed by atoms with Gasteiger partial charge >= 0.3 is 0 Å². The van der Waals surface area contributed by atoms with Gasteiger partial charge < -0.3 is 5.73 Å². The maximum atomic E-state index is 5.66. The predicted molar refractivity (Wildman–Crippen MR) is 53.8 cm³/mol. The minimum atomic E-state index is 0.597. The van der Waals surface area contributed by atoms with Gasteiger partial charge in [-0.2, -0.15) is 0 Å². The number of hydrogen-bond acceptors (Lipinski definition) is 1. The van der Waals surface area contributed by atoms with Crippen LogP contribution in [0.4, 0.5) is 0 Å². The molecule has 0 aliphatic heterocycles. The summed E-state index contributed by atoms with van der Waals surface area (Å²) >= 11 is 0. The van der Waals surface area contributed by atoms with Crippen LogP contribution in [0.3, 0.4) is 0 Å². The lowest BCUT2D eigenvalue weighted by atomic mass is 9.79. The molecule has 0 aromatic heterocycles. The Kier molecular flexibility index (Phi) is 3.10. The number of allylic oxidation sites excluding steroid dienone is 4. The first-order valence-corrected chi connectivity index (χ1v) is 4.72. The smallest absolute Gasteiger partial charge is 0.00457 e. The second kappa shape index (κ2) is 3.90. The van der Waals surface area contributed by atoms with E-state index < -0.39 is 0 Å². The van der Waals surface area contributed by atoms with Crippen LogP contribution in [0.2, 0.25) is 0 Å². The van der Waals surface area contributed by atoms with Crippen LogP contribution >= 0.6 is 0 Å². The van der Waals surface area contributed by atoms with Crippen molar-refractivity contribution in [1.29, 1.82) is 0 Å². The van der Waals surface area contributed by atoms with Crippen LogP contribution in [0, 0.1) is 17.8 Å². The zero-order valence-corrected chi connectivity index (χ0v) is 8.25. The first-order chi connectivity index (χ1) is 5.65. The second-order valence-electron chi connectivity index (χ2n) is 3.92. The zero-order valence-electron chi connectivity index (χ0n) is 8.25. The molecule has 0 saturated heterocycles. The van der Waals surface area contributed by atoms with Gasteiger partial charge in [-0.25, -0.2) is 0 Å². The molecule has 1 aliphatic rings. The Morgan fingerprint density at radius 2 is 2.25 bits per heavy atom. The van der Waals surface area contributed by atoms with Crippen LogP contribution in [0.25, 0.3) is 0 Å². The fourth-order valence-electron chi connectivity index (χ4n) is 1.78. The molecule has 1 heteroatoms. The molecule has 1 nitrogen and oxygen atoms in total. The summed E-state index contributed by atoms with van der Waals surface area (Å²) in [6, 6.07) is 0. The average molecular weight is 165 g/mol. The molecule has 0 spiro atoms. The quantitative estimate of drug-likeness (QED) is 0.668. The SMILES string of the molecule is CC1=CC(C(C)CN)C(C)C=C1. The van der Waals surface area contributed by atoms with Crippen LogP contribution in [0.15, 0.2) is 23.8 Å². The molecule has 3 unspecified atom stereocenters. The van der Waals surface area contributed by atoms with Crippen molar-refractivity contribution in [2.24, 2.45) is 23.5 Å². The van der Waals surface area contributed by atoms with Gasteiger partial charge in [0.2, 0.25) is 0 Å². The summed E-state index contributed by atoms with van der Waals surface area (Å²) in [7, 11) is 0. The molecule has 0 heterocycles. The molecule has 1 rings (SSSR count). The first-order valence-electron chi connectivity index (χ1n) is 4.72. The molecule has 3 atom stereocenters.